The zero-order chi connectivity index (χ0) is 18.0. The molecule has 0 unspecified atom stereocenters. The van der Waals surface area contributed by atoms with Gasteiger partial charge < -0.3 is 0 Å². The Bertz CT molecular complexity index is 1050. The molecule has 3 aromatic rings. The van der Waals surface area contributed by atoms with Gasteiger partial charge in [0.15, 0.2) is 5.69 Å². The quantitative estimate of drug-likeness (QED) is 0.582. The van der Waals surface area contributed by atoms with Crippen LogP contribution < -0.4 is 0 Å². The van der Waals surface area contributed by atoms with E-state index < -0.39 is 0 Å². The summed E-state index contributed by atoms with van der Waals surface area (Å²) in [6.45, 7) is 0. The van der Waals surface area contributed by atoms with E-state index in [2.05, 4.69) is 9.97 Å². The lowest BCUT2D eigenvalue weighted by Gasteiger charge is -2.12. The maximum atomic E-state index is 9.51. The van der Waals surface area contributed by atoms with Gasteiger partial charge in [-0.15, -0.1) is 0 Å². The summed E-state index contributed by atoms with van der Waals surface area (Å²) in [4.78, 5) is 8.28. The lowest BCUT2D eigenvalue weighted by atomic mass is 9.97. The van der Waals surface area contributed by atoms with Gasteiger partial charge in [-0.05, 0) is 35.9 Å². The first kappa shape index (κ1) is 17.2. The molecule has 3 rings (SSSR count). The molecule has 0 aliphatic heterocycles. The summed E-state index contributed by atoms with van der Waals surface area (Å²) < 4.78 is 0. The summed E-state index contributed by atoms with van der Waals surface area (Å²) in [7, 11) is 0. The Morgan fingerprint density at radius 2 is 1.48 bits per heavy atom. The van der Waals surface area contributed by atoms with Crippen molar-refractivity contribution in [3.8, 4) is 34.5 Å². The molecule has 0 aliphatic carbocycles. The minimum Gasteiger partial charge on any atom is -0.218 e. The van der Waals surface area contributed by atoms with Gasteiger partial charge in [0.2, 0.25) is 5.82 Å². The topological polar surface area (TPSA) is 73.4 Å². The molecule has 0 aliphatic rings. The standard InChI is InChI=1S/C18H7Cl3N4/c19-11-3-1-10(2-4-11)17-15(8-22)24-16(9-23)25-18(17)13-6-5-12(20)7-14(13)21/h1-7H. The van der Waals surface area contributed by atoms with Gasteiger partial charge in [0.1, 0.15) is 12.1 Å². The molecule has 0 atom stereocenters. The first-order valence-corrected chi connectivity index (χ1v) is 8.10. The first-order chi connectivity index (χ1) is 12.0. The van der Waals surface area contributed by atoms with Crippen molar-refractivity contribution in [2.24, 2.45) is 0 Å². The molecule has 0 spiro atoms. The van der Waals surface area contributed by atoms with Gasteiger partial charge in [-0.1, -0.05) is 46.9 Å². The van der Waals surface area contributed by atoms with Crippen LogP contribution >= 0.6 is 34.8 Å². The molecular formula is C18H7Cl3N4. The van der Waals surface area contributed by atoms with Crippen LogP contribution in [-0.2, 0) is 0 Å². The van der Waals surface area contributed by atoms with Gasteiger partial charge in [0, 0.05) is 21.2 Å². The third kappa shape index (κ3) is 3.43. The second-order valence-corrected chi connectivity index (χ2v) is 6.25. The van der Waals surface area contributed by atoms with Crippen LogP contribution in [0.5, 0.6) is 0 Å². The number of rotatable bonds is 2. The summed E-state index contributed by atoms with van der Waals surface area (Å²) >= 11 is 18.2. The van der Waals surface area contributed by atoms with Gasteiger partial charge in [0.25, 0.3) is 0 Å². The molecule has 0 saturated carbocycles. The molecule has 120 valence electrons. The molecule has 4 nitrogen and oxygen atoms in total. The molecule has 0 amide bonds. The molecule has 2 aromatic carbocycles. The van der Waals surface area contributed by atoms with Crippen LogP contribution in [0.15, 0.2) is 42.5 Å². The predicted octanol–water partition coefficient (Wildman–Crippen LogP) is 5.51. The Morgan fingerprint density at radius 3 is 2.08 bits per heavy atom. The summed E-state index contributed by atoms with van der Waals surface area (Å²) in [6.07, 6.45) is 0. The predicted molar refractivity (Wildman–Crippen MR) is 97.4 cm³/mol. The summed E-state index contributed by atoms with van der Waals surface area (Å²) in [5.74, 6) is -0.115. The van der Waals surface area contributed by atoms with Crippen molar-refractivity contribution < 1.29 is 0 Å². The van der Waals surface area contributed by atoms with E-state index in [9.17, 15) is 10.5 Å². The summed E-state index contributed by atoms with van der Waals surface area (Å²) in [5.41, 5.74) is 2.17. The summed E-state index contributed by atoms with van der Waals surface area (Å²) in [6, 6.07) is 15.7. The molecule has 0 radical (unpaired) electrons. The molecule has 7 heteroatoms. The van der Waals surface area contributed by atoms with E-state index in [1.54, 1.807) is 42.5 Å². The van der Waals surface area contributed by atoms with E-state index >= 15 is 0 Å². The van der Waals surface area contributed by atoms with Crippen molar-refractivity contribution in [1.82, 2.24) is 9.97 Å². The fourth-order valence-electron chi connectivity index (χ4n) is 2.36. The largest absolute Gasteiger partial charge is 0.234 e. The highest BCUT2D eigenvalue weighted by Gasteiger charge is 2.19. The van der Waals surface area contributed by atoms with Crippen LogP contribution in [0.3, 0.4) is 0 Å². The van der Waals surface area contributed by atoms with Crippen molar-refractivity contribution in [2.75, 3.05) is 0 Å². The highest BCUT2D eigenvalue weighted by Crippen LogP contribution is 2.37. The normalized spacial score (nSPS) is 10.1. The maximum Gasteiger partial charge on any atom is 0.234 e. The number of nitriles is 2. The third-order valence-electron chi connectivity index (χ3n) is 3.43. The van der Waals surface area contributed by atoms with Gasteiger partial charge in [0.05, 0.1) is 10.7 Å². The van der Waals surface area contributed by atoms with Crippen LogP contribution in [-0.4, -0.2) is 9.97 Å². The zero-order valence-electron chi connectivity index (χ0n) is 12.5. The highest BCUT2D eigenvalue weighted by atomic mass is 35.5. The number of aromatic nitrogens is 2. The number of hydrogen-bond donors (Lipinski definition) is 0. The van der Waals surface area contributed by atoms with Crippen LogP contribution in [0.4, 0.5) is 0 Å². The average Bonchev–Trinajstić information content (AvgIpc) is 2.61. The van der Waals surface area contributed by atoms with Crippen molar-refractivity contribution in [2.45, 2.75) is 0 Å². The minimum atomic E-state index is -0.115. The molecule has 0 fully saturated rings. The van der Waals surface area contributed by atoms with Crippen molar-refractivity contribution in [3.63, 3.8) is 0 Å². The van der Waals surface area contributed by atoms with E-state index in [1.807, 2.05) is 12.1 Å². The molecule has 0 bridgehead atoms. The van der Waals surface area contributed by atoms with E-state index in [0.717, 1.165) is 0 Å². The Kier molecular flexibility index (Phi) is 4.88. The average molecular weight is 386 g/mol. The smallest absolute Gasteiger partial charge is 0.218 e. The van der Waals surface area contributed by atoms with E-state index in [1.165, 1.54) is 0 Å². The monoisotopic (exact) mass is 384 g/mol. The number of nitrogens with zero attached hydrogens (tertiary/aromatic N) is 4. The first-order valence-electron chi connectivity index (χ1n) is 6.97. The highest BCUT2D eigenvalue weighted by molar-refractivity contribution is 6.36. The SMILES string of the molecule is N#Cc1nc(C#N)c(-c2ccc(Cl)cc2)c(-c2ccc(Cl)cc2Cl)n1. The Hall–Kier alpha value is -2.63. The molecule has 1 aromatic heterocycles. The maximum absolute atomic E-state index is 9.51. The zero-order valence-corrected chi connectivity index (χ0v) is 14.7. The van der Waals surface area contributed by atoms with Crippen molar-refractivity contribution >= 4 is 34.8 Å². The minimum absolute atomic E-state index is 0.0786. The third-order valence-corrected chi connectivity index (χ3v) is 4.23. The number of hydrogen-bond acceptors (Lipinski definition) is 4. The summed E-state index contributed by atoms with van der Waals surface area (Å²) in [5, 5.41) is 20.1. The van der Waals surface area contributed by atoms with Crippen LogP contribution in [0.1, 0.15) is 11.5 Å². The second kappa shape index (κ2) is 7.09. The number of halogens is 3. The van der Waals surface area contributed by atoms with E-state index in [4.69, 9.17) is 34.8 Å². The van der Waals surface area contributed by atoms with Gasteiger partial charge in [-0.25, -0.2) is 9.97 Å². The Morgan fingerprint density at radius 1 is 0.800 bits per heavy atom. The lowest BCUT2D eigenvalue weighted by molar-refractivity contribution is 1.10. The van der Waals surface area contributed by atoms with Crippen molar-refractivity contribution in [1.29, 1.82) is 10.5 Å². The lowest BCUT2D eigenvalue weighted by Crippen LogP contribution is -2.01. The van der Waals surface area contributed by atoms with E-state index in [-0.39, 0.29) is 11.5 Å². The number of benzene rings is 2. The fourth-order valence-corrected chi connectivity index (χ4v) is 2.98. The second-order valence-electron chi connectivity index (χ2n) is 4.97. The molecular weight excluding hydrogens is 379 g/mol. The van der Waals surface area contributed by atoms with Crippen LogP contribution in [0, 0.1) is 22.7 Å². The Balaban J connectivity index is 2.38. The van der Waals surface area contributed by atoms with E-state index in [0.29, 0.717) is 37.5 Å². The van der Waals surface area contributed by atoms with Crippen LogP contribution in [0.25, 0.3) is 22.4 Å². The molecule has 0 saturated heterocycles. The van der Waals surface area contributed by atoms with Crippen LogP contribution in [0.2, 0.25) is 15.1 Å². The molecule has 0 N–H and O–H groups in total. The van der Waals surface area contributed by atoms with Gasteiger partial charge in [-0.2, -0.15) is 10.5 Å². The fraction of sp³-hybridized carbons (Fsp3) is 0. The van der Waals surface area contributed by atoms with Gasteiger partial charge in [-0.3, -0.25) is 0 Å². The van der Waals surface area contributed by atoms with Crippen molar-refractivity contribution in [3.05, 3.63) is 69.1 Å². The van der Waals surface area contributed by atoms with Gasteiger partial charge >= 0.3 is 0 Å². The molecule has 1 heterocycles. The Labute approximate surface area is 158 Å². The molecule has 25 heavy (non-hydrogen) atoms.